The monoisotopic (exact) mass is 342 g/mol. The van der Waals surface area contributed by atoms with Gasteiger partial charge in [0, 0.05) is 6.20 Å². The molecule has 1 aromatic rings. The number of aliphatic carboxylic acids is 1. The maximum absolute atomic E-state index is 13.5. The van der Waals surface area contributed by atoms with E-state index in [4.69, 9.17) is 9.84 Å². The number of halogens is 3. The van der Waals surface area contributed by atoms with Crippen LogP contribution >= 0.6 is 0 Å². The fourth-order valence-electron chi connectivity index (χ4n) is 2.06. The number of carbonyl (C=O) groups is 1. The van der Waals surface area contributed by atoms with E-state index in [1.54, 1.807) is 6.92 Å². The maximum Gasteiger partial charge on any atom is 0.423 e. The number of hydrogen-bond acceptors (Lipinski definition) is 5. The highest BCUT2D eigenvalue weighted by Gasteiger charge is 2.56. The van der Waals surface area contributed by atoms with Crippen molar-refractivity contribution in [2.45, 2.75) is 18.6 Å². The average molecular weight is 342 g/mol. The second kappa shape index (κ2) is 6.34. The van der Waals surface area contributed by atoms with E-state index in [0.717, 1.165) is 24.6 Å². The summed E-state index contributed by atoms with van der Waals surface area (Å²) < 4.78 is 50.2. The first-order valence-corrected chi connectivity index (χ1v) is 6.63. The number of carboxylic acid groups (broad SMARTS) is 1. The smallest absolute Gasteiger partial charge is 0.423 e. The van der Waals surface area contributed by atoms with Crippen LogP contribution in [0.5, 0.6) is 5.75 Å². The number of carboxylic acids is 1. The predicted molar refractivity (Wildman–Crippen MR) is 76.3 cm³/mol. The number of rotatable bonds is 5. The molecule has 1 heterocycles. The number of aryl methyl sites for hydroxylation is 1. The predicted octanol–water partition coefficient (Wildman–Crippen LogP) is 3.68. The van der Waals surface area contributed by atoms with Crippen LogP contribution in [-0.2, 0) is 15.1 Å². The van der Waals surface area contributed by atoms with Crippen LogP contribution in [0, 0.1) is 6.92 Å². The molecule has 2 rings (SSSR count). The van der Waals surface area contributed by atoms with Crippen LogP contribution < -0.4 is 4.74 Å². The van der Waals surface area contributed by atoms with Gasteiger partial charge in [0.05, 0.1) is 7.11 Å². The van der Waals surface area contributed by atoms with Gasteiger partial charge >= 0.3 is 12.1 Å². The normalized spacial score (nSPS) is 20.3. The Morgan fingerprint density at radius 2 is 2.08 bits per heavy atom. The van der Waals surface area contributed by atoms with Crippen molar-refractivity contribution < 1.29 is 32.5 Å². The van der Waals surface area contributed by atoms with Gasteiger partial charge in [-0.3, -0.25) is 0 Å². The van der Waals surface area contributed by atoms with Gasteiger partial charge in [0.15, 0.2) is 0 Å². The van der Waals surface area contributed by atoms with Crippen LogP contribution in [0.25, 0.3) is 0 Å². The van der Waals surface area contributed by atoms with E-state index in [-0.39, 0.29) is 11.3 Å². The molecule has 1 aliphatic heterocycles. The minimum Gasteiger partial charge on any atom is -0.500 e. The highest BCUT2D eigenvalue weighted by atomic mass is 19.4. The van der Waals surface area contributed by atoms with Crippen LogP contribution in [0.3, 0.4) is 0 Å². The maximum atomic E-state index is 13.5. The topological polar surface area (TPSA) is 80.5 Å². The molecule has 0 aliphatic carbocycles. The molecule has 0 saturated heterocycles. The molecule has 128 valence electrons. The summed E-state index contributed by atoms with van der Waals surface area (Å²) in [6, 6.07) is 3.71. The van der Waals surface area contributed by atoms with Crippen molar-refractivity contribution in [3.8, 4) is 5.75 Å². The minimum atomic E-state index is -4.71. The first-order valence-electron chi connectivity index (χ1n) is 6.63. The summed E-state index contributed by atoms with van der Waals surface area (Å²) in [5, 5.41) is 15.6. The molecule has 0 saturated carbocycles. The molecule has 1 aliphatic rings. The zero-order valence-electron chi connectivity index (χ0n) is 12.7. The van der Waals surface area contributed by atoms with E-state index in [9.17, 15) is 18.0 Å². The van der Waals surface area contributed by atoms with Crippen molar-refractivity contribution in [2.24, 2.45) is 10.2 Å². The Hall–Kier alpha value is -2.84. The van der Waals surface area contributed by atoms with Gasteiger partial charge in [-0.1, -0.05) is 12.1 Å². The Kier molecular flexibility index (Phi) is 4.63. The standard InChI is InChI=1S/C15H13F3N2O4/c1-9-3-4-10(14(15(16,17)18)5-6-19-20-14)7-11(9)24-12(8-23-2)13(21)22/h3-8H,1-2H3,(H,21,22)/b12-8-. The molecule has 0 amide bonds. The number of alkyl halides is 3. The Labute approximate surface area is 134 Å². The highest BCUT2D eigenvalue weighted by Crippen LogP contribution is 2.47. The lowest BCUT2D eigenvalue weighted by Gasteiger charge is -2.26. The van der Waals surface area contributed by atoms with Gasteiger partial charge in [-0.2, -0.15) is 23.4 Å². The van der Waals surface area contributed by atoms with E-state index in [1.807, 2.05) is 0 Å². The zero-order valence-corrected chi connectivity index (χ0v) is 12.7. The van der Waals surface area contributed by atoms with Crippen LogP contribution in [0.4, 0.5) is 13.2 Å². The van der Waals surface area contributed by atoms with Crippen molar-refractivity contribution in [2.75, 3.05) is 7.11 Å². The fraction of sp³-hybridized carbons (Fsp3) is 0.267. The Morgan fingerprint density at radius 3 is 2.58 bits per heavy atom. The first-order chi connectivity index (χ1) is 11.2. The first kappa shape index (κ1) is 17.5. The molecule has 0 aromatic heterocycles. The van der Waals surface area contributed by atoms with E-state index >= 15 is 0 Å². The van der Waals surface area contributed by atoms with Gasteiger partial charge in [0.25, 0.3) is 0 Å². The third-order valence-electron chi connectivity index (χ3n) is 3.31. The minimum absolute atomic E-state index is 0.0580. The van der Waals surface area contributed by atoms with Crippen molar-refractivity contribution >= 4 is 5.97 Å². The lowest BCUT2D eigenvalue weighted by atomic mass is 9.89. The van der Waals surface area contributed by atoms with E-state index in [2.05, 4.69) is 15.0 Å². The molecule has 0 fully saturated rings. The Bertz CT molecular complexity index is 727. The average Bonchev–Trinajstić information content (AvgIpc) is 2.99. The van der Waals surface area contributed by atoms with E-state index in [1.165, 1.54) is 19.2 Å². The third-order valence-corrected chi connectivity index (χ3v) is 3.31. The molecule has 1 atom stereocenters. The summed E-state index contributed by atoms with van der Waals surface area (Å²) in [7, 11) is 1.22. The summed E-state index contributed by atoms with van der Waals surface area (Å²) in [5.41, 5.74) is -2.42. The number of methoxy groups -OCH3 is 1. The molecular formula is C15H13F3N2O4. The number of azo groups is 1. The third kappa shape index (κ3) is 3.10. The molecule has 0 spiro atoms. The Morgan fingerprint density at radius 1 is 1.38 bits per heavy atom. The van der Waals surface area contributed by atoms with Gasteiger partial charge in [-0.25, -0.2) is 4.79 Å². The van der Waals surface area contributed by atoms with Crippen molar-refractivity contribution in [1.82, 2.24) is 0 Å². The largest absolute Gasteiger partial charge is 0.500 e. The summed E-state index contributed by atoms with van der Waals surface area (Å²) in [6.07, 6.45) is -2.09. The molecule has 9 heteroatoms. The Balaban J connectivity index is 2.49. The summed E-state index contributed by atoms with van der Waals surface area (Å²) in [5.74, 6) is -2.05. The quantitative estimate of drug-likeness (QED) is 0.654. The van der Waals surface area contributed by atoms with Crippen LogP contribution in [-0.4, -0.2) is 24.4 Å². The molecule has 1 aromatic carbocycles. The van der Waals surface area contributed by atoms with Gasteiger partial charge in [-0.15, -0.1) is 0 Å². The van der Waals surface area contributed by atoms with E-state index in [0.29, 0.717) is 5.56 Å². The lowest BCUT2D eigenvalue weighted by Crippen LogP contribution is -2.37. The number of hydrogen-bond donors (Lipinski definition) is 1. The summed E-state index contributed by atoms with van der Waals surface area (Å²) in [6.45, 7) is 1.57. The molecule has 1 unspecified atom stereocenters. The molecule has 0 bridgehead atoms. The number of ether oxygens (including phenoxy) is 2. The summed E-state index contributed by atoms with van der Waals surface area (Å²) >= 11 is 0. The van der Waals surface area contributed by atoms with Crippen molar-refractivity contribution in [3.05, 3.63) is 53.6 Å². The second-order valence-corrected chi connectivity index (χ2v) is 4.90. The SMILES string of the molecule is CO/C=C(\Oc1cc(C2(C(F)(F)F)C=CN=N2)ccc1C)C(=O)O. The van der Waals surface area contributed by atoms with Gasteiger partial charge < -0.3 is 14.6 Å². The van der Waals surface area contributed by atoms with Crippen LogP contribution in [0.2, 0.25) is 0 Å². The molecular weight excluding hydrogens is 329 g/mol. The lowest BCUT2D eigenvalue weighted by molar-refractivity contribution is -0.174. The molecule has 24 heavy (non-hydrogen) atoms. The zero-order chi connectivity index (χ0) is 18.0. The number of nitrogens with zero attached hydrogens (tertiary/aromatic N) is 2. The number of benzene rings is 1. The van der Waals surface area contributed by atoms with Gasteiger partial charge in [-0.05, 0) is 30.2 Å². The molecule has 1 N–H and O–H groups in total. The van der Waals surface area contributed by atoms with E-state index < -0.39 is 23.4 Å². The van der Waals surface area contributed by atoms with Crippen molar-refractivity contribution in [1.29, 1.82) is 0 Å². The van der Waals surface area contributed by atoms with Crippen LogP contribution in [0.1, 0.15) is 11.1 Å². The van der Waals surface area contributed by atoms with Gasteiger partial charge in [0.1, 0.15) is 12.0 Å². The molecule has 6 nitrogen and oxygen atoms in total. The summed E-state index contributed by atoms with van der Waals surface area (Å²) in [4.78, 5) is 11.1. The van der Waals surface area contributed by atoms with Crippen LogP contribution in [0.15, 0.2) is 52.7 Å². The molecule has 0 radical (unpaired) electrons. The van der Waals surface area contributed by atoms with Crippen molar-refractivity contribution in [3.63, 3.8) is 0 Å². The second-order valence-electron chi connectivity index (χ2n) is 4.90. The highest BCUT2D eigenvalue weighted by molar-refractivity contribution is 5.84. The fourth-order valence-corrected chi connectivity index (χ4v) is 2.06. The van der Waals surface area contributed by atoms with Gasteiger partial charge in [0.2, 0.25) is 11.3 Å².